The molecule has 0 radical (unpaired) electrons. The number of unbranched alkanes of at least 4 members (excludes halogenated alkanes) is 6. The second-order valence-electron chi connectivity index (χ2n) is 11.7. The van der Waals surface area contributed by atoms with Gasteiger partial charge in [0.15, 0.2) is 0 Å². The van der Waals surface area contributed by atoms with E-state index < -0.39 is 0 Å². The van der Waals surface area contributed by atoms with Crippen LogP contribution in [0, 0.1) is 0 Å². The Morgan fingerprint density at radius 1 is 0.644 bits per heavy atom. The predicted molar refractivity (Wildman–Crippen MR) is 182 cm³/mol. The number of ketones is 2. The quantitative estimate of drug-likeness (QED) is 0.104. The summed E-state index contributed by atoms with van der Waals surface area (Å²) in [5.74, 6) is 1.01. The number of phenolic OH excluding ortho intramolecular Hbond substituents is 1. The third-order valence-electron chi connectivity index (χ3n) is 8.38. The lowest BCUT2D eigenvalue weighted by atomic mass is 10.1. The molecule has 0 amide bonds. The van der Waals surface area contributed by atoms with Crippen LogP contribution in [0.25, 0.3) is 0 Å². The van der Waals surface area contributed by atoms with Gasteiger partial charge in [-0.3, -0.25) is 19.4 Å². The summed E-state index contributed by atoms with van der Waals surface area (Å²) in [5, 5.41) is 16.4. The van der Waals surface area contributed by atoms with E-state index in [0.717, 1.165) is 102 Å². The van der Waals surface area contributed by atoms with E-state index in [1.807, 2.05) is 30.3 Å². The molecule has 1 aliphatic rings. The Kier molecular flexibility index (Phi) is 16.3. The Hall–Kier alpha value is -3.62. The van der Waals surface area contributed by atoms with Crippen LogP contribution in [0.2, 0.25) is 0 Å². The number of carbonyl (C=O) groups excluding carboxylic acids is 2. The topological polar surface area (TPSA) is 94.1 Å². The normalized spacial score (nSPS) is 13.3. The number of rotatable bonds is 23. The lowest BCUT2D eigenvalue weighted by Crippen LogP contribution is -2.30. The van der Waals surface area contributed by atoms with Crippen molar-refractivity contribution >= 4 is 11.6 Å². The molecule has 0 saturated carbocycles. The molecule has 0 aliphatic heterocycles. The summed E-state index contributed by atoms with van der Waals surface area (Å²) in [4.78, 5) is 30.0. The van der Waals surface area contributed by atoms with Crippen LogP contribution in [0.1, 0.15) is 76.3 Å². The van der Waals surface area contributed by atoms with Crippen LogP contribution in [-0.2, 0) is 22.7 Å². The number of allylic oxidation sites excluding steroid dienone is 2. The summed E-state index contributed by atoms with van der Waals surface area (Å²) in [6.45, 7) is 11.3. The van der Waals surface area contributed by atoms with Crippen LogP contribution in [0.15, 0.2) is 72.1 Å². The van der Waals surface area contributed by atoms with Crippen LogP contribution in [-0.4, -0.2) is 72.9 Å². The van der Waals surface area contributed by atoms with E-state index in [2.05, 4.69) is 46.4 Å². The molecule has 0 heterocycles. The van der Waals surface area contributed by atoms with Crippen molar-refractivity contribution in [2.75, 3.05) is 46.4 Å². The standard InChI is InChI=1S/C37H54N4O4/c1-4-40(28-30-18-10-12-20-34(30)42)24-16-8-6-14-22-38-32-26-36(44)33(27-35(32)43)39-23-15-7-9-17-25-41(5-2)29-31-19-11-13-21-37(31)45-3/h10-13,18-21,26-27,38-39,42H,4-9,14-17,22-25,28-29H2,1-3H3. The van der Waals surface area contributed by atoms with E-state index >= 15 is 0 Å². The molecule has 1 aliphatic carbocycles. The fourth-order valence-electron chi connectivity index (χ4n) is 5.57. The fraction of sp³-hybridized carbons (Fsp3) is 0.514. The Bertz CT molecular complexity index is 1260. The largest absolute Gasteiger partial charge is 0.508 e. The van der Waals surface area contributed by atoms with E-state index in [9.17, 15) is 14.7 Å². The highest BCUT2D eigenvalue weighted by molar-refractivity contribution is 6.19. The number of ether oxygens (including phenoxy) is 1. The maximum atomic E-state index is 12.6. The van der Waals surface area contributed by atoms with Crippen molar-refractivity contribution in [2.45, 2.75) is 78.3 Å². The van der Waals surface area contributed by atoms with Crippen LogP contribution in [0.5, 0.6) is 11.5 Å². The van der Waals surface area contributed by atoms with Crippen molar-refractivity contribution < 1.29 is 19.4 Å². The number of carbonyl (C=O) groups is 2. The summed E-state index contributed by atoms with van der Waals surface area (Å²) in [6, 6.07) is 15.7. The zero-order valence-electron chi connectivity index (χ0n) is 27.7. The van der Waals surface area contributed by atoms with Crippen molar-refractivity contribution in [1.82, 2.24) is 20.4 Å². The first kappa shape index (κ1) is 35.9. The number of benzene rings is 2. The van der Waals surface area contributed by atoms with Crippen LogP contribution in [0.3, 0.4) is 0 Å². The maximum Gasteiger partial charge on any atom is 0.203 e. The third-order valence-corrected chi connectivity index (χ3v) is 8.38. The Morgan fingerprint density at radius 2 is 1.11 bits per heavy atom. The molecule has 0 aromatic heterocycles. The summed E-state index contributed by atoms with van der Waals surface area (Å²) in [7, 11) is 1.72. The van der Waals surface area contributed by atoms with Crippen molar-refractivity contribution in [1.29, 1.82) is 0 Å². The number of phenols is 1. The lowest BCUT2D eigenvalue weighted by molar-refractivity contribution is -0.115. The Labute approximate surface area is 270 Å². The highest BCUT2D eigenvalue weighted by Crippen LogP contribution is 2.20. The van der Waals surface area contributed by atoms with Gasteiger partial charge in [-0.15, -0.1) is 0 Å². The van der Waals surface area contributed by atoms with Gasteiger partial charge in [0.05, 0.1) is 18.5 Å². The second-order valence-corrected chi connectivity index (χ2v) is 11.7. The van der Waals surface area contributed by atoms with Crippen molar-refractivity contribution in [3.63, 3.8) is 0 Å². The highest BCUT2D eigenvalue weighted by atomic mass is 16.5. The van der Waals surface area contributed by atoms with Gasteiger partial charge in [0, 0.05) is 49.5 Å². The van der Waals surface area contributed by atoms with Crippen molar-refractivity contribution in [3.8, 4) is 11.5 Å². The average Bonchev–Trinajstić information content (AvgIpc) is 3.05. The smallest absolute Gasteiger partial charge is 0.203 e. The number of nitrogens with zero attached hydrogens (tertiary/aromatic N) is 2. The van der Waals surface area contributed by atoms with Crippen molar-refractivity contribution in [2.24, 2.45) is 0 Å². The molecule has 0 atom stereocenters. The lowest BCUT2D eigenvalue weighted by Gasteiger charge is -2.21. The minimum absolute atomic E-state index is 0.142. The zero-order valence-corrected chi connectivity index (χ0v) is 27.7. The Balaban J connectivity index is 1.23. The highest BCUT2D eigenvalue weighted by Gasteiger charge is 2.19. The first-order valence-corrected chi connectivity index (χ1v) is 16.8. The fourth-order valence-corrected chi connectivity index (χ4v) is 5.57. The van der Waals surface area contributed by atoms with E-state index in [1.54, 1.807) is 13.2 Å². The third kappa shape index (κ3) is 12.7. The molecular weight excluding hydrogens is 564 g/mol. The van der Waals surface area contributed by atoms with Crippen LogP contribution in [0.4, 0.5) is 0 Å². The minimum atomic E-state index is -0.144. The first-order chi connectivity index (χ1) is 21.9. The summed E-state index contributed by atoms with van der Waals surface area (Å²) >= 11 is 0. The number of para-hydroxylation sites is 2. The number of hydrogen-bond acceptors (Lipinski definition) is 8. The molecule has 0 fully saturated rings. The van der Waals surface area contributed by atoms with Gasteiger partial charge in [0.1, 0.15) is 11.5 Å². The monoisotopic (exact) mass is 618 g/mol. The molecule has 0 saturated heterocycles. The average molecular weight is 619 g/mol. The van der Waals surface area contributed by atoms with E-state index in [1.165, 1.54) is 17.7 Å². The van der Waals surface area contributed by atoms with Gasteiger partial charge in [0.2, 0.25) is 11.6 Å². The summed E-state index contributed by atoms with van der Waals surface area (Å²) < 4.78 is 5.49. The molecule has 2 aromatic carbocycles. The predicted octanol–water partition coefficient (Wildman–Crippen LogP) is 5.96. The molecule has 246 valence electrons. The molecule has 0 bridgehead atoms. The minimum Gasteiger partial charge on any atom is -0.508 e. The molecule has 0 spiro atoms. The van der Waals surface area contributed by atoms with E-state index in [4.69, 9.17) is 4.74 Å². The summed E-state index contributed by atoms with van der Waals surface area (Å²) in [6.07, 6.45) is 11.3. The van der Waals surface area contributed by atoms with Gasteiger partial charge < -0.3 is 20.5 Å². The molecule has 0 unspecified atom stereocenters. The number of hydrogen-bond donors (Lipinski definition) is 3. The van der Waals surface area contributed by atoms with Gasteiger partial charge in [-0.05, 0) is 64.0 Å². The second kappa shape index (κ2) is 20.4. The molecule has 2 aromatic rings. The molecule has 3 N–H and O–H groups in total. The molecular formula is C37H54N4O4. The van der Waals surface area contributed by atoms with Crippen molar-refractivity contribution in [3.05, 3.63) is 83.2 Å². The zero-order chi connectivity index (χ0) is 32.3. The number of methoxy groups -OCH3 is 1. The van der Waals surface area contributed by atoms with Gasteiger partial charge in [-0.2, -0.15) is 0 Å². The number of aromatic hydroxyl groups is 1. The van der Waals surface area contributed by atoms with Gasteiger partial charge in [-0.25, -0.2) is 0 Å². The van der Waals surface area contributed by atoms with Crippen LogP contribution >= 0.6 is 0 Å². The first-order valence-electron chi connectivity index (χ1n) is 16.8. The van der Waals surface area contributed by atoms with Gasteiger partial charge in [0.25, 0.3) is 0 Å². The molecule has 3 rings (SSSR count). The van der Waals surface area contributed by atoms with E-state index in [0.29, 0.717) is 30.2 Å². The SMILES string of the molecule is CCN(CCCCCCNC1=CC(=O)C(NCCCCCCN(CC)Cc2ccccc2OC)=CC1=O)Cc1ccccc1O. The van der Waals surface area contributed by atoms with Gasteiger partial charge in [-0.1, -0.05) is 75.9 Å². The Morgan fingerprint density at radius 3 is 1.62 bits per heavy atom. The maximum absolute atomic E-state index is 12.6. The number of nitrogens with one attached hydrogen (secondary N) is 2. The van der Waals surface area contributed by atoms with Crippen LogP contribution < -0.4 is 15.4 Å². The summed E-state index contributed by atoms with van der Waals surface area (Å²) in [5.41, 5.74) is 2.96. The molecule has 45 heavy (non-hydrogen) atoms. The molecule has 8 nitrogen and oxygen atoms in total. The molecule has 8 heteroatoms. The van der Waals surface area contributed by atoms with E-state index in [-0.39, 0.29) is 11.6 Å². The van der Waals surface area contributed by atoms with Gasteiger partial charge >= 0.3 is 0 Å².